The molecule has 0 bridgehead atoms. The molecule has 2 N–H and O–H groups in total. The van der Waals surface area contributed by atoms with E-state index in [4.69, 9.17) is 4.42 Å². The van der Waals surface area contributed by atoms with E-state index in [2.05, 4.69) is 23.2 Å². The van der Waals surface area contributed by atoms with Gasteiger partial charge in [-0.2, -0.15) is 0 Å². The highest BCUT2D eigenvalue weighted by Crippen LogP contribution is 2.38. The van der Waals surface area contributed by atoms with E-state index in [9.17, 15) is 14.7 Å². The van der Waals surface area contributed by atoms with Crippen LogP contribution in [0.1, 0.15) is 37.3 Å². The van der Waals surface area contributed by atoms with Gasteiger partial charge in [0.05, 0.1) is 11.5 Å². The molecular weight excluding hydrogens is 344 g/mol. The minimum absolute atomic E-state index is 0.0749. The maximum Gasteiger partial charge on any atom is 0.336 e. The first-order valence-corrected chi connectivity index (χ1v) is 9.73. The first kappa shape index (κ1) is 18.2. The van der Waals surface area contributed by atoms with E-state index in [1.165, 1.54) is 5.56 Å². The van der Waals surface area contributed by atoms with Gasteiger partial charge in [-0.25, -0.2) is 4.79 Å². The summed E-state index contributed by atoms with van der Waals surface area (Å²) in [7, 11) is 0. The number of nitrogens with one attached hydrogen (secondary N) is 1. The van der Waals surface area contributed by atoms with Crippen LogP contribution in [-0.4, -0.2) is 41.7 Å². The number of hydrogen-bond acceptors (Lipinski definition) is 5. The number of benzene rings is 1. The van der Waals surface area contributed by atoms with Crippen molar-refractivity contribution in [3.8, 4) is 0 Å². The third-order valence-corrected chi connectivity index (χ3v) is 6.11. The number of amides is 1. The zero-order valence-corrected chi connectivity index (χ0v) is 15.7. The van der Waals surface area contributed by atoms with Crippen LogP contribution in [0, 0.1) is 5.41 Å². The van der Waals surface area contributed by atoms with E-state index in [1.54, 1.807) is 6.07 Å². The van der Waals surface area contributed by atoms with Gasteiger partial charge in [-0.1, -0.05) is 13.0 Å². The molecule has 4 rings (SSSR count). The molecular formula is C21H26N2O4. The van der Waals surface area contributed by atoms with Crippen LogP contribution < -0.4 is 10.9 Å². The lowest BCUT2D eigenvalue weighted by Gasteiger charge is -2.44. The second-order valence-corrected chi connectivity index (χ2v) is 7.90. The van der Waals surface area contributed by atoms with Gasteiger partial charge in [0, 0.05) is 24.5 Å². The van der Waals surface area contributed by atoms with Crippen LogP contribution in [0.2, 0.25) is 0 Å². The highest BCUT2D eigenvalue weighted by Gasteiger charge is 2.45. The molecule has 0 saturated carbocycles. The van der Waals surface area contributed by atoms with Crippen molar-refractivity contribution >= 4 is 16.9 Å². The predicted octanol–water partition coefficient (Wildman–Crippen LogP) is 1.82. The number of hydrogen-bond donors (Lipinski definition) is 2. The highest BCUT2D eigenvalue weighted by atomic mass is 16.4. The van der Waals surface area contributed by atoms with E-state index < -0.39 is 11.5 Å². The second kappa shape index (κ2) is 7.09. The fraction of sp³-hybridized carbons (Fsp3) is 0.524. The minimum Gasteiger partial charge on any atom is -0.423 e. The van der Waals surface area contributed by atoms with Crippen molar-refractivity contribution in [2.24, 2.45) is 5.41 Å². The van der Waals surface area contributed by atoms with Gasteiger partial charge in [-0.15, -0.1) is 0 Å². The summed E-state index contributed by atoms with van der Waals surface area (Å²) in [5.74, 6) is 0.0749. The van der Waals surface area contributed by atoms with Crippen molar-refractivity contribution in [2.75, 3.05) is 19.6 Å². The van der Waals surface area contributed by atoms with Crippen molar-refractivity contribution in [1.29, 1.82) is 0 Å². The Morgan fingerprint density at radius 3 is 2.78 bits per heavy atom. The lowest BCUT2D eigenvalue weighted by Crippen LogP contribution is -2.55. The van der Waals surface area contributed by atoms with Crippen molar-refractivity contribution in [3.63, 3.8) is 0 Å². The number of piperidine rings is 2. The quantitative estimate of drug-likeness (QED) is 0.806. The number of nitrogens with zero attached hydrogens (tertiary/aromatic N) is 1. The number of likely N-dealkylation sites (tertiary alicyclic amines) is 1. The molecule has 27 heavy (non-hydrogen) atoms. The molecule has 144 valence electrons. The Morgan fingerprint density at radius 2 is 2.04 bits per heavy atom. The summed E-state index contributed by atoms with van der Waals surface area (Å²) in [6.07, 6.45) is 2.48. The fourth-order valence-electron chi connectivity index (χ4n) is 4.45. The number of fused-ring (bicyclic) bond motifs is 1. The number of carbonyl (C=O) groups excluding carboxylic acids is 1. The average Bonchev–Trinajstić information content (AvgIpc) is 2.66. The Balaban J connectivity index is 1.54. The third-order valence-electron chi connectivity index (χ3n) is 6.11. The lowest BCUT2D eigenvalue weighted by atomic mass is 9.71. The molecule has 2 aromatic rings. The molecule has 2 aliphatic rings. The van der Waals surface area contributed by atoms with Gasteiger partial charge in [0.1, 0.15) is 5.58 Å². The molecule has 1 aromatic carbocycles. The molecule has 6 nitrogen and oxygen atoms in total. The molecule has 2 saturated heterocycles. The van der Waals surface area contributed by atoms with Gasteiger partial charge in [0.2, 0.25) is 5.91 Å². The second-order valence-electron chi connectivity index (χ2n) is 7.90. The van der Waals surface area contributed by atoms with E-state index in [-0.39, 0.29) is 11.5 Å². The van der Waals surface area contributed by atoms with Crippen molar-refractivity contribution in [1.82, 2.24) is 10.2 Å². The van der Waals surface area contributed by atoms with Gasteiger partial charge in [-0.05, 0) is 62.0 Å². The van der Waals surface area contributed by atoms with E-state index >= 15 is 0 Å². The topological polar surface area (TPSA) is 82.8 Å². The van der Waals surface area contributed by atoms with E-state index in [0.29, 0.717) is 25.1 Å². The first-order chi connectivity index (χ1) is 13.0. The van der Waals surface area contributed by atoms with Crippen molar-refractivity contribution in [2.45, 2.75) is 45.3 Å². The third kappa shape index (κ3) is 3.51. The summed E-state index contributed by atoms with van der Waals surface area (Å²) in [6.45, 7) is 4.67. The molecule has 6 heteroatoms. The largest absolute Gasteiger partial charge is 0.423 e. The first-order valence-electron chi connectivity index (χ1n) is 9.73. The zero-order valence-electron chi connectivity index (χ0n) is 15.7. The van der Waals surface area contributed by atoms with Crippen LogP contribution in [0.25, 0.3) is 11.0 Å². The summed E-state index contributed by atoms with van der Waals surface area (Å²) in [5, 5.41) is 13.8. The van der Waals surface area contributed by atoms with Gasteiger partial charge >= 0.3 is 5.63 Å². The molecule has 1 atom stereocenters. The minimum atomic E-state index is -0.454. The van der Waals surface area contributed by atoms with Gasteiger partial charge in [0.25, 0.3) is 0 Å². The maximum atomic E-state index is 12.4. The fourth-order valence-corrected chi connectivity index (χ4v) is 4.45. The summed E-state index contributed by atoms with van der Waals surface area (Å²) in [5.41, 5.74) is 2.04. The van der Waals surface area contributed by atoms with Gasteiger partial charge in [0.15, 0.2) is 0 Å². The smallest absolute Gasteiger partial charge is 0.336 e. The molecule has 1 amide bonds. The molecule has 3 heterocycles. The lowest BCUT2D eigenvalue weighted by molar-refractivity contribution is -0.141. The van der Waals surface area contributed by atoms with Crippen LogP contribution >= 0.6 is 0 Å². The molecule has 1 unspecified atom stereocenters. The molecule has 0 radical (unpaired) electrons. The molecule has 1 aromatic heterocycles. The number of aliphatic hydroxyl groups is 1. The summed E-state index contributed by atoms with van der Waals surface area (Å²) in [4.78, 5) is 26.6. The normalized spacial score (nSPS) is 22.9. The molecule has 0 aliphatic carbocycles. The standard InChI is InChI=1S/C21H26N2O4/c1-2-14-3-4-18-17(9-14)15(10-19(25)27-18)13-23-7-5-21(6-8-23)11-16(24)12-22-20(21)26/h3-4,9-10,16,24H,2,5-8,11-13H2,1H3,(H,22,26). The van der Waals surface area contributed by atoms with Gasteiger partial charge in [-0.3, -0.25) is 9.69 Å². The van der Waals surface area contributed by atoms with Crippen LogP contribution in [0.4, 0.5) is 0 Å². The van der Waals surface area contributed by atoms with E-state index in [1.807, 2.05) is 12.1 Å². The highest BCUT2D eigenvalue weighted by molar-refractivity contribution is 5.84. The van der Waals surface area contributed by atoms with Crippen LogP contribution in [0.3, 0.4) is 0 Å². The number of β-amino-alcohol motifs (C(OH)–C–C–N with tert-alkyl or cyclic N) is 1. The van der Waals surface area contributed by atoms with E-state index in [0.717, 1.165) is 43.3 Å². The Morgan fingerprint density at radius 1 is 1.26 bits per heavy atom. The zero-order chi connectivity index (χ0) is 19.0. The van der Waals surface area contributed by atoms with Crippen molar-refractivity contribution < 1.29 is 14.3 Å². The Kier molecular flexibility index (Phi) is 4.78. The number of carbonyl (C=O) groups is 1. The number of aryl methyl sites for hydroxylation is 1. The summed E-state index contributed by atoms with van der Waals surface area (Å²) >= 11 is 0. The Bertz CT molecular complexity index is 912. The summed E-state index contributed by atoms with van der Waals surface area (Å²) < 4.78 is 5.35. The monoisotopic (exact) mass is 370 g/mol. The average molecular weight is 370 g/mol. The molecule has 2 fully saturated rings. The van der Waals surface area contributed by atoms with Crippen molar-refractivity contribution in [3.05, 3.63) is 45.8 Å². The van der Waals surface area contributed by atoms with Crippen LogP contribution in [0.5, 0.6) is 0 Å². The molecule has 1 spiro atoms. The maximum absolute atomic E-state index is 12.4. The van der Waals surface area contributed by atoms with Crippen LogP contribution in [-0.2, 0) is 17.8 Å². The van der Waals surface area contributed by atoms with Gasteiger partial charge < -0.3 is 14.8 Å². The Labute approximate surface area is 158 Å². The predicted molar refractivity (Wildman–Crippen MR) is 102 cm³/mol. The number of aliphatic hydroxyl groups excluding tert-OH is 1. The number of rotatable bonds is 3. The molecule has 2 aliphatic heterocycles. The summed E-state index contributed by atoms with van der Waals surface area (Å²) in [6, 6.07) is 7.55. The Hall–Kier alpha value is -2.18. The van der Waals surface area contributed by atoms with Crippen LogP contribution in [0.15, 0.2) is 33.5 Å². The SMILES string of the molecule is CCc1ccc2oc(=O)cc(CN3CCC4(CC3)CC(O)CNC4=O)c2c1.